The molecule has 1 aromatic carbocycles. The van der Waals surface area contributed by atoms with E-state index in [2.05, 4.69) is 30.4 Å². The molecule has 2 unspecified atom stereocenters. The summed E-state index contributed by atoms with van der Waals surface area (Å²) in [5.74, 6) is 1.07. The lowest BCUT2D eigenvalue weighted by atomic mass is 9.95. The van der Waals surface area contributed by atoms with Gasteiger partial charge in [-0.3, -0.25) is 0 Å². The zero-order valence-electron chi connectivity index (χ0n) is 12.4. The van der Waals surface area contributed by atoms with Gasteiger partial charge in [0.25, 0.3) is 0 Å². The molecule has 0 aromatic heterocycles. The first kappa shape index (κ1) is 13.9. The van der Waals surface area contributed by atoms with E-state index in [1.54, 1.807) is 0 Å². The van der Waals surface area contributed by atoms with E-state index in [-0.39, 0.29) is 0 Å². The van der Waals surface area contributed by atoms with Crippen LogP contribution in [0.5, 0.6) is 5.75 Å². The number of benzene rings is 1. The summed E-state index contributed by atoms with van der Waals surface area (Å²) in [4.78, 5) is 0. The van der Waals surface area contributed by atoms with E-state index in [1.165, 1.54) is 30.4 Å². The van der Waals surface area contributed by atoms with Gasteiger partial charge in [-0.2, -0.15) is 0 Å². The Hall–Kier alpha value is -1.06. The lowest BCUT2D eigenvalue weighted by molar-refractivity contribution is 0.00513. The topological polar surface area (TPSA) is 30.5 Å². The molecule has 1 saturated heterocycles. The highest BCUT2D eigenvalue weighted by molar-refractivity contribution is 5.40. The summed E-state index contributed by atoms with van der Waals surface area (Å²) in [6, 6.07) is 7.05. The third kappa shape index (κ3) is 3.15. The highest BCUT2D eigenvalue weighted by Gasteiger charge is 2.22. The molecule has 2 atom stereocenters. The minimum absolute atomic E-state index is 0.397. The van der Waals surface area contributed by atoms with Gasteiger partial charge in [-0.15, -0.1) is 0 Å². The summed E-state index contributed by atoms with van der Waals surface area (Å²) in [7, 11) is 0. The molecule has 0 radical (unpaired) electrons. The highest BCUT2D eigenvalue weighted by atomic mass is 16.5. The normalized spacial score (nSPS) is 23.1. The van der Waals surface area contributed by atoms with Gasteiger partial charge >= 0.3 is 0 Å². The van der Waals surface area contributed by atoms with E-state index in [0.29, 0.717) is 12.1 Å². The first-order chi connectivity index (χ1) is 9.86. The van der Waals surface area contributed by atoms with Crippen molar-refractivity contribution in [2.75, 3.05) is 19.8 Å². The zero-order chi connectivity index (χ0) is 13.8. The van der Waals surface area contributed by atoms with Crippen LogP contribution in [0, 0.1) is 0 Å². The number of rotatable bonds is 5. The second-order valence-corrected chi connectivity index (χ2v) is 5.80. The molecular weight excluding hydrogens is 250 g/mol. The predicted octanol–water partition coefficient (Wildman–Crippen LogP) is 3.23. The van der Waals surface area contributed by atoms with Crippen molar-refractivity contribution in [1.82, 2.24) is 5.32 Å². The number of hydrogen-bond acceptors (Lipinski definition) is 3. The molecule has 3 rings (SSSR count). The smallest absolute Gasteiger partial charge is 0.122 e. The monoisotopic (exact) mass is 275 g/mol. The van der Waals surface area contributed by atoms with Crippen molar-refractivity contribution in [3.63, 3.8) is 0 Å². The lowest BCUT2D eigenvalue weighted by Gasteiger charge is -2.28. The molecule has 110 valence electrons. The summed E-state index contributed by atoms with van der Waals surface area (Å²) in [5.41, 5.74) is 2.74. The van der Waals surface area contributed by atoms with Gasteiger partial charge in [0.2, 0.25) is 0 Å². The molecule has 0 amide bonds. The summed E-state index contributed by atoms with van der Waals surface area (Å²) >= 11 is 0. The Morgan fingerprint density at radius 3 is 3.05 bits per heavy atom. The minimum atomic E-state index is 0.397. The number of hydrogen-bond donors (Lipinski definition) is 1. The van der Waals surface area contributed by atoms with E-state index < -0.39 is 0 Å². The van der Waals surface area contributed by atoms with Gasteiger partial charge in [-0.25, -0.2) is 0 Å². The van der Waals surface area contributed by atoms with Crippen LogP contribution < -0.4 is 10.1 Å². The molecule has 1 aromatic rings. The van der Waals surface area contributed by atoms with Crippen LogP contribution in [0.25, 0.3) is 0 Å². The fourth-order valence-corrected chi connectivity index (χ4v) is 3.26. The molecule has 0 saturated carbocycles. The van der Waals surface area contributed by atoms with Crippen LogP contribution in [0.3, 0.4) is 0 Å². The van der Waals surface area contributed by atoms with Crippen molar-refractivity contribution in [2.24, 2.45) is 0 Å². The molecular formula is C17H25NO2. The Kier molecular flexibility index (Phi) is 4.58. The Bertz CT molecular complexity index is 441. The molecule has 2 heterocycles. The molecule has 2 aliphatic rings. The van der Waals surface area contributed by atoms with E-state index in [9.17, 15) is 0 Å². The van der Waals surface area contributed by atoms with Crippen LogP contribution in [0.1, 0.15) is 49.8 Å². The standard InChI is InChI=1S/C17H25NO2/c1-2-18-16(12-15-5-3-4-9-19-15)13-6-7-17-14(11-13)8-10-20-17/h6-7,11,15-16,18H,2-5,8-10,12H2,1H3. The second kappa shape index (κ2) is 6.59. The maximum absolute atomic E-state index is 5.90. The second-order valence-electron chi connectivity index (χ2n) is 5.80. The van der Waals surface area contributed by atoms with Crippen molar-refractivity contribution in [3.8, 4) is 5.75 Å². The van der Waals surface area contributed by atoms with Crippen LogP contribution in [-0.2, 0) is 11.2 Å². The first-order valence-electron chi connectivity index (χ1n) is 7.97. The molecule has 0 aliphatic carbocycles. The van der Waals surface area contributed by atoms with Crippen molar-refractivity contribution in [2.45, 2.75) is 51.2 Å². The molecule has 1 N–H and O–H groups in total. The maximum Gasteiger partial charge on any atom is 0.122 e. The molecule has 20 heavy (non-hydrogen) atoms. The Labute approximate surface area is 121 Å². The van der Waals surface area contributed by atoms with Crippen LogP contribution >= 0.6 is 0 Å². The largest absolute Gasteiger partial charge is 0.493 e. The van der Waals surface area contributed by atoms with E-state index in [4.69, 9.17) is 9.47 Å². The summed E-state index contributed by atoms with van der Waals surface area (Å²) in [5, 5.41) is 3.62. The van der Waals surface area contributed by atoms with Crippen LogP contribution in [0.2, 0.25) is 0 Å². The van der Waals surface area contributed by atoms with Gasteiger partial charge in [0, 0.05) is 19.1 Å². The van der Waals surface area contributed by atoms with Crippen LogP contribution in [0.4, 0.5) is 0 Å². The fraction of sp³-hybridized carbons (Fsp3) is 0.647. The van der Waals surface area contributed by atoms with Gasteiger partial charge in [0.05, 0.1) is 12.7 Å². The SMILES string of the molecule is CCNC(CC1CCCCO1)c1ccc2c(c1)CCO2. The minimum Gasteiger partial charge on any atom is -0.493 e. The third-order valence-electron chi connectivity index (χ3n) is 4.34. The zero-order valence-corrected chi connectivity index (χ0v) is 12.4. The molecule has 3 heteroatoms. The van der Waals surface area contributed by atoms with Gasteiger partial charge in [0.1, 0.15) is 5.75 Å². The number of ether oxygens (including phenoxy) is 2. The lowest BCUT2D eigenvalue weighted by Crippen LogP contribution is -2.28. The molecule has 2 aliphatic heterocycles. The highest BCUT2D eigenvalue weighted by Crippen LogP contribution is 2.31. The van der Waals surface area contributed by atoms with E-state index >= 15 is 0 Å². The van der Waals surface area contributed by atoms with Crippen LogP contribution in [0.15, 0.2) is 18.2 Å². The molecule has 1 fully saturated rings. The van der Waals surface area contributed by atoms with Gasteiger partial charge in [-0.05, 0) is 49.4 Å². The van der Waals surface area contributed by atoms with Crippen molar-refractivity contribution in [1.29, 1.82) is 0 Å². The number of fused-ring (bicyclic) bond motifs is 1. The molecule has 3 nitrogen and oxygen atoms in total. The average Bonchev–Trinajstić information content (AvgIpc) is 2.95. The fourth-order valence-electron chi connectivity index (χ4n) is 3.26. The maximum atomic E-state index is 5.90. The average molecular weight is 275 g/mol. The van der Waals surface area contributed by atoms with Crippen molar-refractivity contribution in [3.05, 3.63) is 29.3 Å². The summed E-state index contributed by atoms with van der Waals surface area (Å²) in [6.45, 7) is 4.92. The van der Waals surface area contributed by atoms with E-state index in [0.717, 1.165) is 38.3 Å². The van der Waals surface area contributed by atoms with Crippen molar-refractivity contribution >= 4 is 0 Å². The predicted molar refractivity (Wildman–Crippen MR) is 80.3 cm³/mol. The van der Waals surface area contributed by atoms with Crippen LogP contribution in [-0.4, -0.2) is 25.9 Å². The van der Waals surface area contributed by atoms with Gasteiger partial charge in [0.15, 0.2) is 0 Å². The summed E-state index contributed by atoms with van der Waals surface area (Å²) < 4.78 is 11.5. The Morgan fingerprint density at radius 1 is 1.30 bits per heavy atom. The van der Waals surface area contributed by atoms with E-state index in [1.807, 2.05) is 0 Å². The summed E-state index contributed by atoms with van der Waals surface area (Å²) in [6.07, 6.45) is 6.27. The first-order valence-corrected chi connectivity index (χ1v) is 7.97. The Balaban J connectivity index is 1.72. The molecule has 0 bridgehead atoms. The molecule has 0 spiro atoms. The number of nitrogens with one attached hydrogen (secondary N) is 1. The Morgan fingerprint density at radius 2 is 2.25 bits per heavy atom. The van der Waals surface area contributed by atoms with Gasteiger partial charge in [-0.1, -0.05) is 19.1 Å². The van der Waals surface area contributed by atoms with Gasteiger partial charge < -0.3 is 14.8 Å². The third-order valence-corrected chi connectivity index (χ3v) is 4.34. The quantitative estimate of drug-likeness (QED) is 0.895. The van der Waals surface area contributed by atoms with Crippen molar-refractivity contribution < 1.29 is 9.47 Å².